The van der Waals surface area contributed by atoms with Crippen LogP contribution >= 0.6 is 0 Å². The first-order valence-corrected chi connectivity index (χ1v) is 9.08. The van der Waals surface area contributed by atoms with E-state index in [4.69, 9.17) is 9.40 Å². The maximum Gasteiger partial charge on any atom is 0.227 e. The predicted octanol–water partition coefficient (Wildman–Crippen LogP) is 5.01. The van der Waals surface area contributed by atoms with Crippen molar-refractivity contribution in [1.29, 1.82) is 0 Å². The zero-order chi connectivity index (χ0) is 19.1. The Morgan fingerprint density at radius 1 is 0.964 bits per heavy atom. The van der Waals surface area contributed by atoms with Gasteiger partial charge in [-0.25, -0.2) is 9.97 Å². The molecule has 5 nitrogen and oxygen atoms in total. The molecule has 0 aliphatic carbocycles. The number of rotatable bonds is 4. The number of benzene rings is 3. The summed E-state index contributed by atoms with van der Waals surface area (Å²) in [5.41, 5.74) is 6.19. The molecular formula is C23H17N3O2. The second-order valence-electron chi connectivity index (χ2n) is 6.80. The minimum absolute atomic E-state index is 0.592. The van der Waals surface area contributed by atoms with E-state index >= 15 is 0 Å². The summed E-state index contributed by atoms with van der Waals surface area (Å²) in [6.07, 6.45) is 0.870. The average Bonchev–Trinajstić information content (AvgIpc) is 3.29. The molecule has 0 aliphatic heterocycles. The minimum atomic E-state index is 0.592. The quantitative estimate of drug-likeness (QED) is 0.419. The molecule has 0 bridgehead atoms. The van der Waals surface area contributed by atoms with Crippen LogP contribution < -0.4 is 0 Å². The van der Waals surface area contributed by atoms with Gasteiger partial charge in [0.05, 0.1) is 11.0 Å². The van der Waals surface area contributed by atoms with Crippen molar-refractivity contribution >= 4 is 28.4 Å². The molecule has 136 valence electrons. The average molecular weight is 367 g/mol. The number of hydrogen-bond acceptors (Lipinski definition) is 4. The summed E-state index contributed by atoms with van der Waals surface area (Å²) >= 11 is 0. The Balaban J connectivity index is 1.55. The first-order valence-electron chi connectivity index (χ1n) is 9.08. The van der Waals surface area contributed by atoms with E-state index in [1.807, 2.05) is 73.7 Å². The Kier molecular flexibility index (Phi) is 3.79. The Morgan fingerprint density at radius 3 is 2.71 bits per heavy atom. The van der Waals surface area contributed by atoms with Crippen LogP contribution in [-0.2, 0) is 6.54 Å². The van der Waals surface area contributed by atoms with Crippen LogP contribution in [0, 0.1) is 6.92 Å². The van der Waals surface area contributed by atoms with E-state index in [-0.39, 0.29) is 0 Å². The van der Waals surface area contributed by atoms with Crippen molar-refractivity contribution in [3.8, 4) is 11.5 Å². The zero-order valence-electron chi connectivity index (χ0n) is 15.3. The lowest BCUT2D eigenvalue weighted by Crippen LogP contribution is -2.02. The fraction of sp³-hybridized carbons (Fsp3) is 0.0870. The number of carbonyl (C=O) groups excluding carboxylic acids is 1. The fourth-order valence-electron chi connectivity index (χ4n) is 3.53. The highest BCUT2D eigenvalue weighted by Crippen LogP contribution is 2.27. The summed E-state index contributed by atoms with van der Waals surface area (Å²) in [4.78, 5) is 20.3. The molecule has 2 heterocycles. The van der Waals surface area contributed by atoms with Gasteiger partial charge in [0.1, 0.15) is 17.6 Å². The van der Waals surface area contributed by atoms with Crippen molar-refractivity contribution in [2.45, 2.75) is 13.5 Å². The molecule has 0 aliphatic rings. The highest BCUT2D eigenvalue weighted by molar-refractivity contribution is 5.83. The fourth-order valence-corrected chi connectivity index (χ4v) is 3.53. The standard InChI is InChI=1S/C23H17N3O2/c1-15-24-20-12-18(23-25-19-7-2-3-8-22(19)28-23)9-10-21(20)26(15)13-16-5-4-6-17(11-16)14-27/h2-12,14H,13H2,1H3. The van der Waals surface area contributed by atoms with Gasteiger partial charge in [0.2, 0.25) is 5.89 Å². The van der Waals surface area contributed by atoms with E-state index in [1.54, 1.807) is 0 Å². The van der Waals surface area contributed by atoms with Crippen molar-refractivity contribution in [3.05, 3.63) is 83.7 Å². The topological polar surface area (TPSA) is 60.9 Å². The highest BCUT2D eigenvalue weighted by Gasteiger charge is 2.13. The van der Waals surface area contributed by atoms with Gasteiger partial charge in [-0.1, -0.05) is 30.3 Å². The molecule has 0 N–H and O–H groups in total. The summed E-state index contributed by atoms with van der Waals surface area (Å²) in [6, 6.07) is 21.4. The highest BCUT2D eigenvalue weighted by atomic mass is 16.3. The number of carbonyl (C=O) groups is 1. The molecule has 2 aromatic heterocycles. The number of oxazole rings is 1. The van der Waals surface area contributed by atoms with Crippen LogP contribution in [0.4, 0.5) is 0 Å². The van der Waals surface area contributed by atoms with E-state index in [1.165, 1.54) is 0 Å². The maximum absolute atomic E-state index is 11.0. The molecule has 0 unspecified atom stereocenters. The molecule has 5 rings (SSSR count). The molecule has 28 heavy (non-hydrogen) atoms. The number of nitrogens with zero attached hydrogens (tertiary/aromatic N) is 3. The number of aryl methyl sites for hydroxylation is 1. The molecule has 0 radical (unpaired) electrons. The van der Waals surface area contributed by atoms with Gasteiger partial charge in [0, 0.05) is 17.7 Å². The number of imidazole rings is 1. The van der Waals surface area contributed by atoms with Crippen LogP contribution in [0.25, 0.3) is 33.6 Å². The molecule has 0 saturated carbocycles. The van der Waals surface area contributed by atoms with Crippen molar-refractivity contribution in [2.24, 2.45) is 0 Å². The third kappa shape index (κ3) is 2.77. The molecule has 0 amide bonds. The first kappa shape index (κ1) is 16.4. The van der Waals surface area contributed by atoms with Gasteiger partial charge < -0.3 is 8.98 Å². The maximum atomic E-state index is 11.0. The summed E-state index contributed by atoms with van der Waals surface area (Å²) in [6.45, 7) is 2.65. The van der Waals surface area contributed by atoms with E-state index in [0.717, 1.165) is 45.4 Å². The van der Waals surface area contributed by atoms with Gasteiger partial charge in [0.15, 0.2) is 5.58 Å². The van der Waals surface area contributed by atoms with Crippen molar-refractivity contribution < 1.29 is 9.21 Å². The van der Waals surface area contributed by atoms with Crippen LogP contribution in [0.1, 0.15) is 21.7 Å². The number of fused-ring (bicyclic) bond motifs is 2. The molecule has 5 heteroatoms. The molecule has 0 atom stereocenters. The molecule has 5 aromatic rings. The Hall–Kier alpha value is -3.73. The van der Waals surface area contributed by atoms with Gasteiger partial charge in [0.25, 0.3) is 0 Å². The summed E-state index contributed by atoms with van der Waals surface area (Å²) in [7, 11) is 0. The van der Waals surface area contributed by atoms with E-state index < -0.39 is 0 Å². The predicted molar refractivity (Wildman–Crippen MR) is 108 cm³/mol. The number of para-hydroxylation sites is 2. The smallest absolute Gasteiger partial charge is 0.227 e. The van der Waals surface area contributed by atoms with Gasteiger partial charge in [-0.05, 0) is 48.9 Å². The van der Waals surface area contributed by atoms with E-state index in [2.05, 4.69) is 9.55 Å². The Morgan fingerprint density at radius 2 is 1.86 bits per heavy atom. The van der Waals surface area contributed by atoms with Gasteiger partial charge in [-0.3, -0.25) is 4.79 Å². The second-order valence-corrected chi connectivity index (χ2v) is 6.80. The van der Waals surface area contributed by atoms with Crippen LogP contribution in [-0.4, -0.2) is 20.8 Å². The third-order valence-corrected chi connectivity index (χ3v) is 4.91. The molecule has 0 fully saturated rings. The summed E-state index contributed by atoms with van der Waals surface area (Å²) in [5.74, 6) is 1.51. The SMILES string of the molecule is Cc1nc2cc(-c3nc4ccccc4o3)ccc2n1Cc1cccc(C=O)c1. The summed E-state index contributed by atoms with van der Waals surface area (Å²) in [5, 5.41) is 0. The lowest BCUT2D eigenvalue weighted by atomic mass is 10.1. The number of aromatic nitrogens is 3. The van der Waals surface area contributed by atoms with E-state index in [9.17, 15) is 4.79 Å². The van der Waals surface area contributed by atoms with Gasteiger partial charge in [-0.2, -0.15) is 0 Å². The van der Waals surface area contributed by atoms with Gasteiger partial charge in [-0.15, -0.1) is 0 Å². The Bertz CT molecular complexity index is 1300. The van der Waals surface area contributed by atoms with Crippen molar-refractivity contribution in [2.75, 3.05) is 0 Å². The monoisotopic (exact) mass is 367 g/mol. The van der Waals surface area contributed by atoms with Crippen LogP contribution in [0.2, 0.25) is 0 Å². The zero-order valence-corrected chi connectivity index (χ0v) is 15.3. The van der Waals surface area contributed by atoms with Crippen molar-refractivity contribution in [1.82, 2.24) is 14.5 Å². The first-order chi connectivity index (χ1) is 13.7. The lowest BCUT2D eigenvalue weighted by molar-refractivity contribution is 0.112. The number of hydrogen-bond donors (Lipinski definition) is 0. The normalized spacial score (nSPS) is 11.3. The minimum Gasteiger partial charge on any atom is -0.436 e. The second kappa shape index (κ2) is 6.46. The Labute approximate surface area is 161 Å². The van der Waals surface area contributed by atoms with Crippen molar-refractivity contribution in [3.63, 3.8) is 0 Å². The molecule has 0 saturated heterocycles. The largest absolute Gasteiger partial charge is 0.436 e. The lowest BCUT2D eigenvalue weighted by Gasteiger charge is -2.08. The molecular weight excluding hydrogens is 350 g/mol. The van der Waals surface area contributed by atoms with Gasteiger partial charge >= 0.3 is 0 Å². The van der Waals surface area contributed by atoms with Crippen LogP contribution in [0.3, 0.4) is 0 Å². The third-order valence-electron chi connectivity index (χ3n) is 4.91. The van der Waals surface area contributed by atoms with Crippen LogP contribution in [0.5, 0.6) is 0 Å². The van der Waals surface area contributed by atoms with E-state index in [0.29, 0.717) is 18.0 Å². The summed E-state index contributed by atoms with van der Waals surface area (Å²) < 4.78 is 8.03. The number of aldehydes is 1. The molecule has 0 spiro atoms. The molecule has 3 aromatic carbocycles. The van der Waals surface area contributed by atoms with Crippen LogP contribution in [0.15, 0.2) is 71.1 Å².